The molecule has 4 aromatic rings. The van der Waals surface area contributed by atoms with Gasteiger partial charge < -0.3 is 20.1 Å². The van der Waals surface area contributed by atoms with Crippen molar-refractivity contribution >= 4 is 28.4 Å². The van der Waals surface area contributed by atoms with Crippen LogP contribution >= 0.6 is 0 Å². The minimum absolute atomic E-state index is 0.0690. The topological polar surface area (TPSA) is 88.6 Å². The van der Waals surface area contributed by atoms with Crippen molar-refractivity contribution in [3.63, 3.8) is 0 Å². The second kappa shape index (κ2) is 11.2. The van der Waals surface area contributed by atoms with Crippen molar-refractivity contribution in [3.05, 3.63) is 83.9 Å². The molecule has 0 saturated carbocycles. The van der Waals surface area contributed by atoms with Crippen LogP contribution in [-0.4, -0.2) is 47.2 Å². The van der Waals surface area contributed by atoms with Crippen LogP contribution in [0.5, 0.6) is 11.5 Å². The number of amides is 2. The lowest BCUT2D eigenvalue weighted by atomic mass is 10.2. The highest BCUT2D eigenvalue weighted by Gasteiger charge is 2.30. The van der Waals surface area contributed by atoms with Gasteiger partial charge in [0.05, 0.1) is 41.7 Å². The van der Waals surface area contributed by atoms with E-state index in [1.165, 1.54) is 12.1 Å². The van der Waals surface area contributed by atoms with Crippen LogP contribution < -0.4 is 15.4 Å². The Kier molecular flexibility index (Phi) is 7.57. The first-order valence-electron chi connectivity index (χ1n) is 12.0. The molecule has 202 valence electrons. The Morgan fingerprint density at radius 2 is 1.67 bits per heavy atom. The van der Waals surface area contributed by atoms with Crippen LogP contribution in [0.4, 0.5) is 33.7 Å². The predicted octanol–water partition coefficient (Wildman–Crippen LogP) is 6.06. The number of rotatable bonds is 6. The van der Waals surface area contributed by atoms with Crippen LogP contribution in [0.15, 0.2) is 66.9 Å². The maximum absolute atomic E-state index is 14.8. The molecule has 2 heterocycles. The van der Waals surface area contributed by atoms with E-state index in [0.717, 1.165) is 49.1 Å². The molecule has 0 aliphatic carbocycles. The molecule has 8 nitrogen and oxygen atoms in total. The van der Waals surface area contributed by atoms with Crippen LogP contribution in [0.1, 0.15) is 11.3 Å². The number of nitrogens with one attached hydrogen (secondary N) is 2. The summed E-state index contributed by atoms with van der Waals surface area (Å²) in [5.41, 5.74) is 1.52. The molecule has 5 rings (SSSR count). The van der Waals surface area contributed by atoms with Gasteiger partial charge in [-0.25, -0.2) is 14.2 Å². The van der Waals surface area contributed by atoms with Gasteiger partial charge in [0.1, 0.15) is 5.75 Å². The van der Waals surface area contributed by atoms with Gasteiger partial charge >= 0.3 is 12.2 Å². The highest BCUT2D eigenvalue weighted by atomic mass is 19.4. The second-order valence-corrected chi connectivity index (χ2v) is 8.80. The number of alkyl halides is 3. The SMILES string of the molecule is O=C(Nc1ccc(C(F)(F)F)cc1)Nc1ccc(Oc2ccc3ncc(CN4CCOCC4)nc3c2)c(F)c1. The number of halogens is 4. The molecule has 1 aromatic heterocycles. The zero-order valence-electron chi connectivity index (χ0n) is 20.5. The van der Waals surface area contributed by atoms with Crippen molar-refractivity contribution < 1.29 is 31.8 Å². The monoisotopic (exact) mass is 541 g/mol. The molecule has 2 N–H and O–H groups in total. The number of hydrogen-bond donors (Lipinski definition) is 2. The molecule has 0 spiro atoms. The van der Waals surface area contributed by atoms with Gasteiger partial charge in [-0.3, -0.25) is 9.88 Å². The largest absolute Gasteiger partial charge is 0.454 e. The van der Waals surface area contributed by atoms with Crippen molar-refractivity contribution in [2.45, 2.75) is 12.7 Å². The molecular formula is C27H23F4N5O3. The van der Waals surface area contributed by atoms with E-state index in [4.69, 9.17) is 9.47 Å². The summed E-state index contributed by atoms with van der Waals surface area (Å²) in [5.74, 6) is -0.435. The number of fused-ring (bicyclic) bond motifs is 1. The number of carbonyl (C=O) groups is 1. The highest BCUT2D eigenvalue weighted by Crippen LogP contribution is 2.30. The Balaban J connectivity index is 1.22. The van der Waals surface area contributed by atoms with E-state index in [1.54, 1.807) is 24.4 Å². The van der Waals surface area contributed by atoms with E-state index >= 15 is 0 Å². The summed E-state index contributed by atoms with van der Waals surface area (Å²) >= 11 is 0. The molecule has 12 heteroatoms. The van der Waals surface area contributed by atoms with Crippen molar-refractivity contribution in [2.24, 2.45) is 0 Å². The van der Waals surface area contributed by atoms with E-state index in [2.05, 4.69) is 25.5 Å². The van der Waals surface area contributed by atoms with Gasteiger partial charge in [0.2, 0.25) is 0 Å². The molecule has 1 aliphatic heterocycles. The number of carbonyl (C=O) groups excluding carboxylic acids is 1. The molecule has 1 fully saturated rings. The number of aromatic nitrogens is 2. The summed E-state index contributed by atoms with van der Waals surface area (Å²) in [6.45, 7) is 3.66. The fourth-order valence-corrected chi connectivity index (χ4v) is 3.98. The van der Waals surface area contributed by atoms with Gasteiger partial charge in [-0.15, -0.1) is 0 Å². The lowest BCUT2D eigenvalue weighted by Crippen LogP contribution is -2.35. The van der Waals surface area contributed by atoms with Crippen molar-refractivity contribution in [3.8, 4) is 11.5 Å². The fourth-order valence-electron chi connectivity index (χ4n) is 3.98. The Morgan fingerprint density at radius 1 is 0.949 bits per heavy atom. The summed E-state index contributed by atoms with van der Waals surface area (Å²) in [6.07, 6.45) is -2.74. The summed E-state index contributed by atoms with van der Waals surface area (Å²) < 4.78 is 63.9. The molecule has 39 heavy (non-hydrogen) atoms. The van der Waals surface area contributed by atoms with Crippen LogP contribution in [-0.2, 0) is 17.5 Å². The zero-order valence-corrected chi connectivity index (χ0v) is 20.5. The minimum Gasteiger partial charge on any atom is -0.454 e. The van der Waals surface area contributed by atoms with Crippen molar-refractivity contribution in [2.75, 3.05) is 36.9 Å². The minimum atomic E-state index is -4.48. The maximum Gasteiger partial charge on any atom is 0.416 e. The van der Waals surface area contributed by atoms with E-state index < -0.39 is 23.6 Å². The number of ether oxygens (including phenoxy) is 2. The van der Waals surface area contributed by atoms with Gasteiger partial charge in [-0.05, 0) is 48.5 Å². The predicted molar refractivity (Wildman–Crippen MR) is 136 cm³/mol. The molecule has 0 atom stereocenters. The first kappa shape index (κ1) is 26.3. The van der Waals surface area contributed by atoms with E-state index in [0.29, 0.717) is 36.5 Å². The lowest BCUT2D eigenvalue weighted by molar-refractivity contribution is -0.137. The Bertz CT molecular complexity index is 1480. The Hall–Kier alpha value is -4.29. The zero-order chi connectivity index (χ0) is 27.4. The standard InChI is InChI=1S/C27H23F4N5O3/c28-22-13-19(35-26(37)34-18-3-1-17(2-4-18)27(29,30)31)5-8-25(22)39-21-6-7-23-24(14-21)33-20(15-32-23)16-36-9-11-38-12-10-36/h1-8,13-15H,9-12,16H2,(H2,34,35,37). The van der Waals surface area contributed by atoms with E-state index in [9.17, 15) is 22.4 Å². The van der Waals surface area contributed by atoms with E-state index in [-0.39, 0.29) is 17.1 Å². The van der Waals surface area contributed by atoms with Crippen LogP contribution in [0.3, 0.4) is 0 Å². The van der Waals surface area contributed by atoms with E-state index in [1.807, 2.05) is 0 Å². The molecule has 1 saturated heterocycles. The average molecular weight is 542 g/mol. The molecule has 2 amide bonds. The Labute approximate surface area is 220 Å². The van der Waals surface area contributed by atoms with Crippen LogP contribution in [0.2, 0.25) is 0 Å². The van der Waals surface area contributed by atoms with Gasteiger partial charge in [-0.2, -0.15) is 13.2 Å². The number of anilines is 2. The summed E-state index contributed by atoms with van der Waals surface area (Å²) in [6, 6.07) is 12.1. The molecule has 3 aromatic carbocycles. The van der Waals surface area contributed by atoms with Gasteiger partial charge in [0, 0.05) is 43.1 Å². The fraction of sp³-hybridized carbons (Fsp3) is 0.222. The number of hydrogen-bond acceptors (Lipinski definition) is 6. The molecule has 0 bridgehead atoms. The molecule has 0 radical (unpaired) electrons. The van der Waals surface area contributed by atoms with Gasteiger partial charge in [-0.1, -0.05) is 0 Å². The lowest BCUT2D eigenvalue weighted by Gasteiger charge is -2.26. The average Bonchev–Trinajstić information content (AvgIpc) is 2.90. The van der Waals surface area contributed by atoms with Crippen molar-refractivity contribution in [1.29, 1.82) is 0 Å². The number of urea groups is 1. The quantitative estimate of drug-likeness (QED) is 0.289. The summed E-state index contributed by atoms with van der Waals surface area (Å²) in [4.78, 5) is 23.6. The van der Waals surface area contributed by atoms with Crippen LogP contribution in [0, 0.1) is 5.82 Å². The second-order valence-electron chi connectivity index (χ2n) is 8.80. The number of nitrogens with zero attached hydrogens (tertiary/aromatic N) is 3. The van der Waals surface area contributed by atoms with Crippen LogP contribution in [0.25, 0.3) is 11.0 Å². The van der Waals surface area contributed by atoms with Gasteiger partial charge in [0.15, 0.2) is 11.6 Å². The molecule has 0 unspecified atom stereocenters. The first-order valence-corrected chi connectivity index (χ1v) is 12.0. The van der Waals surface area contributed by atoms with Crippen molar-refractivity contribution in [1.82, 2.24) is 14.9 Å². The normalized spacial score (nSPS) is 14.3. The third kappa shape index (κ3) is 6.78. The summed E-state index contributed by atoms with van der Waals surface area (Å²) in [5, 5.41) is 4.83. The molecule has 1 aliphatic rings. The van der Waals surface area contributed by atoms with Gasteiger partial charge in [0.25, 0.3) is 0 Å². The third-order valence-corrected chi connectivity index (χ3v) is 5.94. The maximum atomic E-state index is 14.8. The summed E-state index contributed by atoms with van der Waals surface area (Å²) in [7, 11) is 0. The number of benzene rings is 3. The smallest absolute Gasteiger partial charge is 0.416 e. The Morgan fingerprint density at radius 3 is 2.38 bits per heavy atom. The number of morpholine rings is 1. The highest BCUT2D eigenvalue weighted by molar-refractivity contribution is 5.99. The third-order valence-electron chi connectivity index (χ3n) is 5.94. The molecular weight excluding hydrogens is 518 g/mol. The first-order chi connectivity index (χ1) is 18.7.